The van der Waals surface area contributed by atoms with Gasteiger partial charge in [0.05, 0.1) is 5.54 Å². The van der Waals surface area contributed by atoms with Gasteiger partial charge < -0.3 is 10.6 Å². The molecule has 2 aliphatic rings. The highest BCUT2D eigenvalue weighted by molar-refractivity contribution is 5.89. The van der Waals surface area contributed by atoms with Crippen LogP contribution < -0.4 is 10.6 Å². The molecule has 2 fully saturated rings. The van der Waals surface area contributed by atoms with E-state index in [1.54, 1.807) is 12.1 Å². The van der Waals surface area contributed by atoms with Crippen molar-refractivity contribution in [3.8, 4) is 0 Å². The Hall–Kier alpha value is -2.40. The number of nitrogens with one attached hydrogen (secondary N) is 2. The normalized spacial score (nSPS) is 20.6. The highest BCUT2D eigenvalue weighted by Crippen LogP contribution is 2.35. The lowest BCUT2D eigenvalue weighted by Crippen LogP contribution is -2.61. The second-order valence-electron chi connectivity index (χ2n) is 10.6. The maximum Gasteiger partial charge on any atom is 0.319 e. The van der Waals surface area contributed by atoms with Crippen molar-refractivity contribution in [3.63, 3.8) is 0 Å². The molecule has 1 saturated carbocycles. The summed E-state index contributed by atoms with van der Waals surface area (Å²) in [5.74, 6) is -0.186. The van der Waals surface area contributed by atoms with Gasteiger partial charge >= 0.3 is 6.03 Å². The Labute approximate surface area is 191 Å². The van der Waals surface area contributed by atoms with Crippen molar-refractivity contribution in [2.75, 3.05) is 18.4 Å². The Morgan fingerprint density at radius 2 is 1.75 bits per heavy atom. The molecule has 0 bridgehead atoms. The number of hydrogen-bond acceptors (Lipinski definition) is 2. The maximum atomic E-state index is 13.2. The predicted molar refractivity (Wildman–Crippen MR) is 129 cm³/mol. The van der Waals surface area contributed by atoms with Gasteiger partial charge in [-0.15, -0.1) is 0 Å². The summed E-state index contributed by atoms with van der Waals surface area (Å²) in [6.07, 6.45) is 6.44. The fourth-order valence-electron chi connectivity index (χ4n) is 5.00. The Morgan fingerprint density at radius 3 is 2.34 bits per heavy atom. The van der Waals surface area contributed by atoms with Gasteiger partial charge in [0, 0.05) is 18.3 Å². The van der Waals surface area contributed by atoms with E-state index >= 15 is 0 Å². The number of halogens is 1. The highest BCUT2D eigenvalue weighted by atomic mass is 19.1. The van der Waals surface area contributed by atoms with Gasteiger partial charge in [0.2, 0.25) is 0 Å². The minimum absolute atomic E-state index is 0.0942. The van der Waals surface area contributed by atoms with Crippen LogP contribution >= 0.6 is 0 Å². The molecule has 0 aromatic heterocycles. The van der Waals surface area contributed by atoms with Crippen molar-refractivity contribution in [2.24, 2.45) is 0 Å². The van der Waals surface area contributed by atoms with Crippen molar-refractivity contribution in [2.45, 2.75) is 76.3 Å². The van der Waals surface area contributed by atoms with Gasteiger partial charge in [-0.05, 0) is 85.9 Å². The average Bonchev–Trinajstić information content (AvgIpc) is 3.14. The molecule has 4 rings (SSSR count). The number of amides is 2. The van der Waals surface area contributed by atoms with E-state index in [1.807, 2.05) is 24.3 Å². The number of carbonyl (C=O) groups is 1. The molecule has 2 aromatic rings. The lowest BCUT2D eigenvalue weighted by Gasteiger charge is -2.46. The van der Waals surface area contributed by atoms with Crippen LogP contribution in [-0.4, -0.2) is 35.6 Å². The van der Waals surface area contributed by atoms with Crippen molar-refractivity contribution in [1.82, 2.24) is 10.2 Å². The second kappa shape index (κ2) is 9.22. The van der Waals surface area contributed by atoms with E-state index in [-0.39, 0.29) is 22.8 Å². The van der Waals surface area contributed by atoms with E-state index in [9.17, 15) is 9.18 Å². The Bertz CT molecular complexity index is 913. The first-order valence-corrected chi connectivity index (χ1v) is 11.9. The predicted octanol–water partition coefficient (Wildman–Crippen LogP) is 5.87. The first kappa shape index (κ1) is 22.8. The maximum absolute atomic E-state index is 13.2. The highest BCUT2D eigenvalue weighted by Gasteiger charge is 2.42. The molecule has 5 heteroatoms. The first-order valence-electron chi connectivity index (χ1n) is 11.9. The molecule has 0 radical (unpaired) electrons. The zero-order valence-electron chi connectivity index (χ0n) is 19.6. The summed E-state index contributed by atoms with van der Waals surface area (Å²) in [7, 11) is 0. The van der Waals surface area contributed by atoms with Crippen LogP contribution in [0, 0.1) is 5.82 Å². The number of nitrogens with zero attached hydrogens (tertiary/aromatic N) is 1. The fraction of sp³-hybridized carbons (Fsp3) is 0.519. The van der Waals surface area contributed by atoms with Crippen LogP contribution in [0.15, 0.2) is 48.5 Å². The van der Waals surface area contributed by atoms with E-state index in [4.69, 9.17) is 0 Å². The zero-order valence-corrected chi connectivity index (χ0v) is 19.6. The molecule has 0 spiro atoms. The standard InChI is InChI=1S/C27H36FN3O/c1-26(2,3)21-9-13-23(14-10-21)29-25(32)30-27(15-5-16-27)19-31-17-4-6-24(31)18-20-7-11-22(28)12-8-20/h7-14,24H,4-6,15-19H2,1-3H3,(H2,29,30,32). The van der Waals surface area contributed by atoms with Crippen LogP contribution in [0.1, 0.15) is 64.0 Å². The summed E-state index contributed by atoms with van der Waals surface area (Å²) < 4.78 is 13.2. The molecule has 1 heterocycles. The zero-order chi connectivity index (χ0) is 22.8. The van der Waals surface area contributed by atoms with Crippen molar-refractivity contribution < 1.29 is 9.18 Å². The Balaban J connectivity index is 1.35. The second-order valence-corrected chi connectivity index (χ2v) is 10.6. The van der Waals surface area contributed by atoms with Crippen molar-refractivity contribution in [1.29, 1.82) is 0 Å². The van der Waals surface area contributed by atoms with E-state index in [2.05, 4.69) is 48.4 Å². The molecule has 1 aliphatic heterocycles. The van der Waals surface area contributed by atoms with Crippen LogP contribution in [0.4, 0.5) is 14.9 Å². The summed E-state index contributed by atoms with van der Waals surface area (Å²) >= 11 is 0. The minimum Gasteiger partial charge on any atom is -0.331 e. The molecule has 1 aliphatic carbocycles. The van der Waals surface area contributed by atoms with Gasteiger partial charge in [0.1, 0.15) is 5.82 Å². The third-order valence-electron chi connectivity index (χ3n) is 7.09. The lowest BCUT2D eigenvalue weighted by molar-refractivity contribution is 0.109. The van der Waals surface area contributed by atoms with Gasteiger partial charge in [-0.3, -0.25) is 4.90 Å². The number of urea groups is 1. The summed E-state index contributed by atoms with van der Waals surface area (Å²) in [6, 6.07) is 15.3. The smallest absolute Gasteiger partial charge is 0.319 e. The molecule has 1 saturated heterocycles. The molecule has 4 nitrogen and oxygen atoms in total. The van der Waals surface area contributed by atoms with Gasteiger partial charge in [0.25, 0.3) is 0 Å². The minimum atomic E-state index is -0.186. The van der Waals surface area contributed by atoms with Crippen molar-refractivity contribution in [3.05, 3.63) is 65.5 Å². The average molecular weight is 438 g/mol. The van der Waals surface area contributed by atoms with Gasteiger partial charge in [-0.1, -0.05) is 45.0 Å². The molecular weight excluding hydrogens is 401 g/mol. The monoisotopic (exact) mass is 437 g/mol. The van der Waals surface area contributed by atoms with Crippen LogP contribution in [0.25, 0.3) is 0 Å². The van der Waals surface area contributed by atoms with Gasteiger partial charge in [-0.2, -0.15) is 0 Å². The fourth-order valence-corrected chi connectivity index (χ4v) is 5.00. The quantitative estimate of drug-likeness (QED) is 0.593. The number of rotatable bonds is 6. The van der Waals surface area contributed by atoms with Crippen molar-refractivity contribution >= 4 is 11.7 Å². The lowest BCUT2D eigenvalue weighted by atomic mass is 9.76. The van der Waals surface area contributed by atoms with Crippen LogP contribution in [0.3, 0.4) is 0 Å². The van der Waals surface area contributed by atoms with Gasteiger partial charge in [0.15, 0.2) is 0 Å². The van der Waals surface area contributed by atoms with E-state index in [0.717, 1.165) is 50.9 Å². The molecular formula is C27H36FN3O. The number of likely N-dealkylation sites (tertiary alicyclic amines) is 1. The third-order valence-corrected chi connectivity index (χ3v) is 7.09. The number of anilines is 1. The van der Waals surface area contributed by atoms with E-state index < -0.39 is 0 Å². The molecule has 172 valence electrons. The largest absolute Gasteiger partial charge is 0.331 e. The van der Waals surface area contributed by atoms with E-state index in [1.165, 1.54) is 17.5 Å². The molecule has 32 heavy (non-hydrogen) atoms. The summed E-state index contributed by atoms with van der Waals surface area (Å²) in [4.78, 5) is 15.3. The van der Waals surface area contributed by atoms with Crippen LogP contribution in [0.2, 0.25) is 0 Å². The SMILES string of the molecule is CC(C)(C)c1ccc(NC(=O)NC2(CN3CCCC3Cc3ccc(F)cc3)CCC2)cc1. The third kappa shape index (κ3) is 5.50. The van der Waals surface area contributed by atoms with Crippen LogP contribution in [-0.2, 0) is 11.8 Å². The molecule has 1 unspecified atom stereocenters. The molecule has 2 N–H and O–H groups in total. The Morgan fingerprint density at radius 1 is 1.06 bits per heavy atom. The number of carbonyl (C=O) groups excluding carboxylic acids is 1. The molecule has 1 atom stereocenters. The summed E-state index contributed by atoms with van der Waals surface area (Å²) in [5, 5.41) is 6.32. The van der Waals surface area contributed by atoms with E-state index in [0.29, 0.717) is 6.04 Å². The van der Waals surface area contributed by atoms with Gasteiger partial charge in [-0.25, -0.2) is 9.18 Å². The van der Waals surface area contributed by atoms with Crippen LogP contribution in [0.5, 0.6) is 0 Å². The summed E-state index contributed by atoms with van der Waals surface area (Å²) in [5.41, 5.74) is 3.19. The molecule has 2 aromatic carbocycles. The Kier molecular flexibility index (Phi) is 6.57. The molecule has 2 amide bonds. The number of benzene rings is 2. The first-order chi connectivity index (χ1) is 15.2. The summed E-state index contributed by atoms with van der Waals surface area (Å²) in [6.45, 7) is 8.50. The number of hydrogen-bond donors (Lipinski definition) is 2. The topological polar surface area (TPSA) is 44.4 Å².